The normalized spacial score (nSPS) is 11.6. The van der Waals surface area contributed by atoms with E-state index >= 15 is 0 Å². The molecule has 0 aliphatic rings. The third kappa shape index (κ3) is 6.58. The van der Waals surface area contributed by atoms with Crippen molar-refractivity contribution in [1.82, 2.24) is 18.8 Å². The van der Waals surface area contributed by atoms with Gasteiger partial charge >= 0.3 is 0 Å². The van der Waals surface area contributed by atoms with E-state index in [1.54, 1.807) is 14.2 Å². The van der Waals surface area contributed by atoms with Gasteiger partial charge in [-0.15, -0.1) is 0 Å². The lowest BCUT2D eigenvalue weighted by atomic mass is 9.87. The second-order valence-electron chi connectivity index (χ2n) is 16.9. The maximum absolute atomic E-state index is 5.54. The number of hydrogen-bond acceptors (Lipinski definition) is 4. The molecule has 6 aromatic carbocycles. The average Bonchev–Trinajstić information content (AvgIpc) is 3.95. The Morgan fingerprint density at radius 3 is 1.32 bits per heavy atom. The van der Waals surface area contributed by atoms with Crippen LogP contribution in [0.4, 0.5) is 0 Å². The van der Waals surface area contributed by atoms with Crippen molar-refractivity contribution in [3.8, 4) is 34.0 Å². The topological polar surface area (TPSA) is 53.1 Å². The van der Waals surface area contributed by atoms with Crippen LogP contribution in [0.1, 0.15) is 75.6 Å². The van der Waals surface area contributed by atoms with Gasteiger partial charge in [-0.25, -0.2) is 9.97 Å². The fraction of sp³-hybridized carbons (Fsp3) is 0.179. The molecule has 0 amide bonds. The zero-order valence-electron chi connectivity index (χ0n) is 36.9. The lowest BCUT2D eigenvalue weighted by molar-refractivity contribution is 0.415. The number of aromatic nitrogens is 4. The highest BCUT2D eigenvalue weighted by Crippen LogP contribution is 2.42. The van der Waals surface area contributed by atoms with Gasteiger partial charge in [0.15, 0.2) is 0 Å². The number of ether oxygens (including phenoxy) is 2. The van der Waals surface area contributed by atoms with Crippen LogP contribution in [-0.4, -0.2) is 33.0 Å². The summed E-state index contributed by atoms with van der Waals surface area (Å²) in [7, 11) is 3.41. The molecule has 0 N–H and O–H groups in total. The van der Waals surface area contributed by atoms with Crippen molar-refractivity contribution in [2.24, 2.45) is 0 Å². The van der Waals surface area contributed by atoms with Crippen LogP contribution in [-0.2, 0) is 0 Å². The van der Waals surface area contributed by atoms with Gasteiger partial charge in [-0.05, 0) is 107 Å². The van der Waals surface area contributed by atoms with E-state index < -0.39 is 0 Å². The van der Waals surface area contributed by atoms with Crippen LogP contribution in [0.25, 0.3) is 88.3 Å². The van der Waals surface area contributed by atoms with Gasteiger partial charge in [0.2, 0.25) is 0 Å². The van der Waals surface area contributed by atoms with Gasteiger partial charge in [0, 0.05) is 32.7 Å². The molecule has 0 fully saturated rings. The molecule has 0 atom stereocenters. The van der Waals surface area contributed by atoms with Crippen LogP contribution < -0.4 is 9.47 Å². The summed E-state index contributed by atoms with van der Waals surface area (Å²) < 4.78 is 15.6. The maximum Gasteiger partial charge on any atom is 0.145 e. The van der Waals surface area contributed by atoms with Crippen molar-refractivity contribution >= 4 is 65.8 Å². The van der Waals surface area contributed by atoms with Crippen LogP contribution in [0.2, 0.25) is 0 Å². The van der Waals surface area contributed by atoms with Crippen molar-refractivity contribution in [3.05, 3.63) is 169 Å². The van der Waals surface area contributed by atoms with Crippen LogP contribution in [0, 0.1) is 0 Å². The van der Waals surface area contributed by atoms with Crippen molar-refractivity contribution in [2.45, 2.75) is 53.4 Å². The molecule has 10 aromatic rings. The summed E-state index contributed by atoms with van der Waals surface area (Å²) in [5.41, 5.74) is 15.8. The van der Waals surface area contributed by atoms with Crippen molar-refractivity contribution < 1.29 is 9.47 Å². The van der Waals surface area contributed by atoms with E-state index in [1.165, 1.54) is 38.4 Å². The number of imidazole rings is 2. The zero-order valence-corrected chi connectivity index (χ0v) is 36.9. The third-order valence-electron chi connectivity index (χ3n) is 12.2. The number of pyridine rings is 2. The van der Waals surface area contributed by atoms with E-state index in [9.17, 15) is 0 Å². The molecule has 0 saturated carbocycles. The Hall–Kier alpha value is -7.18. The smallest absolute Gasteiger partial charge is 0.145 e. The highest BCUT2D eigenvalue weighted by Gasteiger charge is 2.22. The molecule has 0 radical (unpaired) electrons. The van der Waals surface area contributed by atoms with E-state index in [4.69, 9.17) is 19.4 Å². The summed E-state index contributed by atoms with van der Waals surface area (Å²) in [6, 6.07) is 42.6. The summed E-state index contributed by atoms with van der Waals surface area (Å²) in [4.78, 5) is 9.85. The number of allylic oxidation sites excluding steroid dienone is 2. The molecule has 0 aliphatic carbocycles. The van der Waals surface area contributed by atoms with E-state index in [0.717, 1.165) is 83.7 Å². The molecule has 0 spiro atoms. The maximum atomic E-state index is 5.54. The number of rotatable bonds is 8. The van der Waals surface area contributed by atoms with Gasteiger partial charge < -0.3 is 9.47 Å². The van der Waals surface area contributed by atoms with Gasteiger partial charge in [-0.3, -0.25) is 8.80 Å². The third-order valence-corrected chi connectivity index (χ3v) is 12.2. The number of hydrogen-bond donors (Lipinski definition) is 0. The molecule has 0 unspecified atom stereocenters. The molecule has 6 heteroatoms. The summed E-state index contributed by atoms with van der Waals surface area (Å²) >= 11 is 0. The molecule has 6 nitrogen and oxygen atoms in total. The second kappa shape index (κ2) is 16.0. The predicted octanol–water partition coefficient (Wildman–Crippen LogP) is 14.9. The predicted molar refractivity (Wildman–Crippen MR) is 262 cm³/mol. The molecule has 308 valence electrons. The Morgan fingerprint density at radius 2 is 0.903 bits per heavy atom. The van der Waals surface area contributed by atoms with E-state index in [2.05, 4.69) is 159 Å². The number of benzene rings is 6. The minimum atomic E-state index is 0.422. The van der Waals surface area contributed by atoms with Crippen molar-refractivity contribution in [1.29, 1.82) is 0 Å². The summed E-state index contributed by atoms with van der Waals surface area (Å²) in [6.07, 6.45) is 4.02. The highest BCUT2D eigenvalue weighted by atomic mass is 16.5. The van der Waals surface area contributed by atoms with E-state index in [0.29, 0.717) is 11.8 Å². The zero-order chi connectivity index (χ0) is 43.4. The van der Waals surface area contributed by atoms with Gasteiger partial charge in [-0.1, -0.05) is 125 Å². The molecule has 10 rings (SSSR count). The first kappa shape index (κ1) is 40.2. The number of para-hydroxylation sites is 2. The lowest BCUT2D eigenvalue weighted by Gasteiger charge is -2.20. The van der Waals surface area contributed by atoms with E-state index in [1.807, 2.05) is 38.4 Å². The number of methoxy groups -OCH3 is 2. The largest absolute Gasteiger partial charge is 0.497 e. The minimum Gasteiger partial charge on any atom is -0.497 e. The quantitative estimate of drug-likeness (QED) is 0.143. The standard InChI is InChI=1S/C28H28N2O.C28H24N2O/c2*1-17(2)20-10-8-11-21(18(3)4)27(20)26-16-29-28-24-15-19(31-5)13-14-22(24)23-9-6-7-12-25(23)30(26)28/h6-18H,1-5H3;6-16H,1,3H2,2,4-5H3. The van der Waals surface area contributed by atoms with Crippen LogP contribution in [0.15, 0.2) is 147 Å². The molecule has 4 heterocycles. The Labute approximate surface area is 363 Å². The fourth-order valence-electron chi connectivity index (χ4n) is 9.24. The lowest BCUT2D eigenvalue weighted by Crippen LogP contribution is -2.02. The van der Waals surface area contributed by atoms with Crippen LogP contribution in [0.5, 0.6) is 11.5 Å². The minimum absolute atomic E-state index is 0.422. The molecular formula is C56H52N4O2. The van der Waals surface area contributed by atoms with E-state index in [-0.39, 0.29) is 0 Å². The molecular weight excluding hydrogens is 761 g/mol. The molecule has 62 heavy (non-hydrogen) atoms. The van der Waals surface area contributed by atoms with Gasteiger partial charge in [0.25, 0.3) is 0 Å². The highest BCUT2D eigenvalue weighted by molar-refractivity contribution is 6.14. The fourth-order valence-corrected chi connectivity index (χ4v) is 9.24. The number of nitrogens with zero attached hydrogens (tertiary/aromatic N) is 4. The van der Waals surface area contributed by atoms with Gasteiger partial charge in [0.05, 0.1) is 49.0 Å². The van der Waals surface area contributed by atoms with Crippen molar-refractivity contribution in [2.75, 3.05) is 14.2 Å². The van der Waals surface area contributed by atoms with Crippen LogP contribution in [0.3, 0.4) is 0 Å². The molecule has 4 aromatic heterocycles. The van der Waals surface area contributed by atoms with Gasteiger partial charge in [0.1, 0.15) is 22.8 Å². The SMILES string of the molecule is C=C(C)c1cccc(C(=C)C)c1-c1cnc2c3cc(OC)ccc3c3ccccc3n12.COc1ccc2c3ccccc3n3c(-c4c(C(C)C)cccc4C(C)C)cnc3c2c1. The Bertz CT molecular complexity index is 3340. The summed E-state index contributed by atoms with van der Waals surface area (Å²) in [5, 5.41) is 6.93. The Morgan fingerprint density at radius 1 is 0.484 bits per heavy atom. The first-order chi connectivity index (χ1) is 30.0. The Balaban J connectivity index is 0.000000158. The first-order valence-electron chi connectivity index (χ1n) is 21.3. The Kier molecular flexibility index (Phi) is 10.4. The van der Waals surface area contributed by atoms with Gasteiger partial charge in [-0.2, -0.15) is 0 Å². The average molecular weight is 813 g/mol. The molecule has 0 aliphatic heterocycles. The second-order valence-corrected chi connectivity index (χ2v) is 16.9. The molecule has 0 bridgehead atoms. The monoisotopic (exact) mass is 812 g/mol. The molecule has 0 saturated heterocycles. The number of fused-ring (bicyclic) bond motifs is 12. The summed E-state index contributed by atoms with van der Waals surface area (Å²) in [6.45, 7) is 21.6. The van der Waals surface area contributed by atoms with Crippen LogP contribution >= 0.6 is 0 Å². The van der Waals surface area contributed by atoms with Crippen molar-refractivity contribution in [3.63, 3.8) is 0 Å². The summed E-state index contributed by atoms with van der Waals surface area (Å²) in [5.74, 6) is 2.51. The first-order valence-corrected chi connectivity index (χ1v) is 21.3.